The molecule has 0 fully saturated rings. The first-order valence-corrected chi connectivity index (χ1v) is 10.9. The van der Waals surface area contributed by atoms with E-state index in [0.717, 1.165) is 11.6 Å². The van der Waals surface area contributed by atoms with Gasteiger partial charge in [0, 0.05) is 9.86 Å². The van der Waals surface area contributed by atoms with Crippen molar-refractivity contribution in [2.75, 3.05) is 5.32 Å². The van der Waals surface area contributed by atoms with Crippen LogP contribution in [-0.2, 0) is 12.7 Å². The summed E-state index contributed by atoms with van der Waals surface area (Å²) in [5.74, 6) is -0.694. The molecule has 0 saturated heterocycles. The molecule has 0 saturated carbocycles. The van der Waals surface area contributed by atoms with Gasteiger partial charge < -0.3 is 5.32 Å². The number of carbonyl (C=O) groups is 1. The van der Waals surface area contributed by atoms with Crippen LogP contribution in [0.3, 0.4) is 0 Å². The summed E-state index contributed by atoms with van der Waals surface area (Å²) >= 11 is 3.29. The van der Waals surface area contributed by atoms with Crippen molar-refractivity contribution in [3.63, 3.8) is 0 Å². The first-order chi connectivity index (χ1) is 16.1. The lowest BCUT2D eigenvalue weighted by atomic mass is 10.1. The SMILES string of the molecule is Cc1nn(Cc2ccc(C#N)cc2)c(C)c1NC(=O)c1cc(C(F)(F)F)nc2ccc(Br)cc12. The number of nitrogens with one attached hydrogen (secondary N) is 1. The molecule has 0 aliphatic rings. The maximum absolute atomic E-state index is 13.4. The number of anilines is 1. The van der Waals surface area contributed by atoms with Crippen molar-refractivity contribution in [3.8, 4) is 6.07 Å². The fraction of sp³-hybridized carbons (Fsp3) is 0.167. The Hall–Kier alpha value is -3.71. The number of fused-ring (bicyclic) bond motifs is 1. The zero-order valence-corrected chi connectivity index (χ0v) is 19.6. The highest BCUT2D eigenvalue weighted by Crippen LogP contribution is 2.32. The molecule has 1 amide bonds. The van der Waals surface area contributed by atoms with Crippen LogP contribution in [0.25, 0.3) is 10.9 Å². The predicted molar refractivity (Wildman–Crippen MR) is 124 cm³/mol. The van der Waals surface area contributed by atoms with Gasteiger partial charge in [-0.1, -0.05) is 28.1 Å². The molecule has 0 atom stereocenters. The monoisotopic (exact) mass is 527 g/mol. The van der Waals surface area contributed by atoms with Crippen LogP contribution in [-0.4, -0.2) is 20.7 Å². The van der Waals surface area contributed by atoms with Crippen LogP contribution in [0.4, 0.5) is 18.9 Å². The number of halogens is 4. The summed E-state index contributed by atoms with van der Waals surface area (Å²) in [4.78, 5) is 16.8. The minimum atomic E-state index is -4.70. The Morgan fingerprint density at radius 1 is 1.15 bits per heavy atom. The molecule has 10 heteroatoms. The van der Waals surface area contributed by atoms with E-state index < -0.39 is 17.8 Å². The summed E-state index contributed by atoms with van der Waals surface area (Å²) in [7, 11) is 0. The Bertz CT molecular complexity index is 1450. The maximum Gasteiger partial charge on any atom is 0.433 e. The van der Waals surface area contributed by atoms with Crippen molar-refractivity contribution < 1.29 is 18.0 Å². The molecule has 172 valence electrons. The standard InChI is InChI=1S/C24H17BrF3N5O/c1-13-22(14(2)33(32-13)12-16-5-3-15(11-29)4-6-16)31-23(34)19-10-21(24(26,27)28)30-20-8-7-17(25)9-18(19)20/h3-10H,12H2,1-2H3,(H,31,34). The molecule has 2 aromatic carbocycles. The Labute approximate surface area is 201 Å². The lowest BCUT2D eigenvalue weighted by Crippen LogP contribution is -2.17. The van der Waals surface area contributed by atoms with E-state index in [0.29, 0.717) is 39.0 Å². The molecule has 0 radical (unpaired) electrons. The fourth-order valence-corrected chi connectivity index (χ4v) is 3.96. The lowest BCUT2D eigenvalue weighted by molar-refractivity contribution is -0.140. The van der Waals surface area contributed by atoms with Gasteiger partial charge in [0.25, 0.3) is 5.91 Å². The molecule has 2 aromatic heterocycles. The molecule has 0 unspecified atom stereocenters. The average molecular weight is 528 g/mol. The first-order valence-electron chi connectivity index (χ1n) is 10.1. The van der Waals surface area contributed by atoms with Gasteiger partial charge in [-0.15, -0.1) is 0 Å². The van der Waals surface area contributed by atoms with Gasteiger partial charge in [0.1, 0.15) is 5.69 Å². The zero-order valence-electron chi connectivity index (χ0n) is 18.0. The third-order valence-electron chi connectivity index (χ3n) is 5.34. The number of alkyl halides is 3. The number of nitrogens with zero attached hydrogens (tertiary/aromatic N) is 4. The van der Waals surface area contributed by atoms with E-state index in [4.69, 9.17) is 5.26 Å². The predicted octanol–water partition coefficient (Wildman–Crippen LogP) is 6.00. The van der Waals surface area contributed by atoms with E-state index in [2.05, 4.69) is 37.4 Å². The summed E-state index contributed by atoms with van der Waals surface area (Å²) in [6, 6.07) is 14.4. The summed E-state index contributed by atoms with van der Waals surface area (Å²) in [6.45, 7) is 3.87. The molecule has 2 heterocycles. The number of benzene rings is 2. The summed E-state index contributed by atoms with van der Waals surface area (Å²) in [5.41, 5.74) is 1.82. The van der Waals surface area contributed by atoms with Gasteiger partial charge >= 0.3 is 6.18 Å². The molecule has 0 bridgehead atoms. The van der Waals surface area contributed by atoms with Crippen LogP contribution in [0.2, 0.25) is 0 Å². The van der Waals surface area contributed by atoms with Crippen LogP contribution in [0.15, 0.2) is 53.0 Å². The second-order valence-corrected chi connectivity index (χ2v) is 8.60. The topological polar surface area (TPSA) is 83.6 Å². The number of hydrogen-bond acceptors (Lipinski definition) is 4. The molecule has 4 rings (SSSR count). The van der Waals surface area contributed by atoms with Gasteiger partial charge in [0.2, 0.25) is 0 Å². The number of rotatable bonds is 4. The average Bonchev–Trinajstić information content (AvgIpc) is 3.05. The van der Waals surface area contributed by atoms with Crippen molar-refractivity contribution in [3.05, 3.63) is 86.8 Å². The summed E-state index contributed by atoms with van der Waals surface area (Å²) in [5, 5.41) is 16.4. The van der Waals surface area contributed by atoms with E-state index in [1.54, 1.807) is 42.8 Å². The highest BCUT2D eigenvalue weighted by molar-refractivity contribution is 9.10. The molecule has 0 aliphatic carbocycles. The molecular weight excluding hydrogens is 511 g/mol. The van der Waals surface area contributed by atoms with Gasteiger partial charge in [0.05, 0.1) is 46.3 Å². The van der Waals surface area contributed by atoms with Crippen molar-refractivity contribution in [1.29, 1.82) is 5.26 Å². The van der Waals surface area contributed by atoms with Crippen molar-refractivity contribution in [2.24, 2.45) is 0 Å². The number of aromatic nitrogens is 3. The van der Waals surface area contributed by atoms with E-state index in [1.165, 1.54) is 6.07 Å². The second kappa shape index (κ2) is 8.91. The summed E-state index contributed by atoms with van der Waals surface area (Å²) in [6.07, 6.45) is -4.70. The van der Waals surface area contributed by atoms with Crippen LogP contribution >= 0.6 is 15.9 Å². The molecule has 0 aliphatic heterocycles. The minimum Gasteiger partial charge on any atom is -0.319 e. The van der Waals surface area contributed by atoms with Crippen LogP contribution in [0.1, 0.15) is 38.6 Å². The highest BCUT2D eigenvalue weighted by atomic mass is 79.9. The Morgan fingerprint density at radius 3 is 2.50 bits per heavy atom. The van der Waals surface area contributed by atoms with Gasteiger partial charge in [-0.2, -0.15) is 23.5 Å². The Morgan fingerprint density at radius 2 is 1.85 bits per heavy atom. The molecule has 34 heavy (non-hydrogen) atoms. The number of hydrogen-bond donors (Lipinski definition) is 1. The van der Waals surface area contributed by atoms with Crippen molar-refractivity contribution in [2.45, 2.75) is 26.6 Å². The van der Waals surface area contributed by atoms with E-state index >= 15 is 0 Å². The number of pyridine rings is 1. The quantitative estimate of drug-likeness (QED) is 0.352. The smallest absolute Gasteiger partial charge is 0.319 e. The fourth-order valence-electron chi connectivity index (χ4n) is 3.60. The Kier molecular flexibility index (Phi) is 6.15. The van der Waals surface area contributed by atoms with Crippen LogP contribution in [0, 0.1) is 25.2 Å². The molecule has 6 nitrogen and oxygen atoms in total. The third-order valence-corrected chi connectivity index (χ3v) is 5.83. The number of aryl methyl sites for hydroxylation is 1. The molecular formula is C24H17BrF3N5O. The van der Waals surface area contributed by atoms with E-state index in [9.17, 15) is 18.0 Å². The van der Waals surface area contributed by atoms with Gasteiger partial charge in [-0.3, -0.25) is 9.48 Å². The van der Waals surface area contributed by atoms with Gasteiger partial charge in [0.15, 0.2) is 0 Å². The zero-order chi connectivity index (χ0) is 24.6. The highest BCUT2D eigenvalue weighted by Gasteiger charge is 2.34. The lowest BCUT2D eigenvalue weighted by Gasteiger charge is -2.13. The second-order valence-electron chi connectivity index (χ2n) is 7.68. The molecule has 4 aromatic rings. The minimum absolute atomic E-state index is 0.0631. The third kappa shape index (κ3) is 4.65. The van der Waals surface area contributed by atoms with E-state index in [-0.39, 0.29) is 11.1 Å². The largest absolute Gasteiger partial charge is 0.433 e. The first kappa shape index (κ1) is 23.4. The number of carbonyl (C=O) groups excluding carboxylic acids is 1. The van der Waals surface area contributed by atoms with Gasteiger partial charge in [-0.25, -0.2) is 4.98 Å². The number of nitriles is 1. The summed E-state index contributed by atoms with van der Waals surface area (Å²) < 4.78 is 42.5. The van der Waals surface area contributed by atoms with Gasteiger partial charge in [-0.05, 0) is 55.8 Å². The number of amides is 1. The Balaban J connectivity index is 1.69. The molecule has 1 N–H and O–H groups in total. The van der Waals surface area contributed by atoms with Crippen LogP contribution in [0.5, 0.6) is 0 Å². The van der Waals surface area contributed by atoms with Crippen LogP contribution < -0.4 is 5.32 Å². The molecule has 0 spiro atoms. The van der Waals surface area contributed by atoms with Crippen molar-refractivity contribution >= 4 is 38.4 Å². The normalized spacial score (nSPS) is 11.4. The van der Waals surface area contributed by atoms with E-state index in [1.807, 2.05) is 12.1 Å². The maximum atomic E-state index is 13.4. The van der Waals surface area contributed by atoms with Crippen molar-refractivity contribution in [1.82, 2.24) is 14.8 Å².